The smallest absolute Gasteiger partial charge is 0.264 e. The molecule has 7 heteroatoms. The molecule has 0 aliphatic rings. The van der Waals surface area contributed by atoms with Crippen LogP contribution < -0.4 is 14.4 Å². The number of hydrogen-bond donors (Lipinski definition) is 1. The Morgan fingerprint density at radius 1 is 0.857 bits per heavy atom. The van der Waals surface area contributed by atoms with Gasteiger partial charge in [0.25, 0.3) is 15.9 Å². The number of anilines is 1. The highest BCUT2D eigenvalue weighted by atomic mass is 32.2. The number of carbonyl (C=O) groups is 1. The van der Waals surface area contributed by atoms with E-state index in [1.165, 1.54) is 23.5 Å². The monoisotopic (exact) mass is 494 g/mol. The molecule has 0 fully saturated rings. The molecule has 0 saturated heterocycles. The molecule has 0 spiro atoms. The van der Waals surface area contributed by atoms with Crippen molar-refractivity contribution in [3.8, 4) is 5.75 Å². The predicted octanol–water partition coefficient (Wildman–Crippen LogP) is 5.50. The van der Waals surface area contributed by atoms with Crippen LogP contribution in [0.3, 0.4) is 0 Å². The van der Waals surface area contributed by atoms with E-state index >= 15 is 0 Å². The molecule has 0 aliphatic heterocycles. The number of rotatable bonds is 10. The van der Waals surface area contributed by atoms with Crippen LogP contribution in [-0.2, 0) is 16.6 Å². The summed E-state index contributed by atoms with van der Waals surface area (Å²) in [5.41, 5.74) is 1.45. The van der Waals surface area contributed by atoms with Crippen molar-refractivity contribution >= 4 is 21.6 Å². The van der Waals surface area contributed by atoms with Crippen molar-refractivity contribution in [3.05, 3.63) is 90.0 Å². The zero-order chi connectivity index (χ0) is 25.6. The molecule has 0 atom stereocenters. The first-order valence-electron chi connectivity index (χ1n) is 11.8. The largest absolute Gasteiger partial charge is 0.497 e. The lowest BCUT2D eigenvalue weighted by atomic mass is 9.93. The SMILES string of the molecule is COc1ccc(S(=O)(=O)N(Cc2ccccc2)c2ccccc2C(=O)NC(C(C)C)C(C)C)cc1. The van der Waals surface area contributed by atoms with Crippen molar-refractivity contribution in [2.45, 2.75) is 45.2 Å². The van der Waals surface area contributed by atoms with E-state index in [0.29, 0.717) is 17.0 Å². The van der Waals surface area contributed by atoms with Crippen LogP contribution in [0.25, 0.3) is 0 Å². The molecule has 3 aromatic carbocycles. The lowest BCUT2D eigenvalue weighted by Gasteiger charge is -2.29. The van der Waals surface area contributed by atoms with Crippen LogP contribution in [0, 0.1) is 11.8 Å². The molecular weight excluding hydrogens is 460 g/mol. The maximum atomic E-state index is 13.9. The molecule has 0 heterocycles. The van der Waals surface area contributed by atoms with E-state index in [4.69, 9.17) is 4.74 Å². The number of carbonyl (C=O) groups excluding carboxylic acids is 1. The average Bonchev–Trinajstić information content (AvgIpc) is 2.86. The summed E-state index contributed by atoms with van der Waals surface area (Å²) in [5, 5.41) is 3.12. The van der Waals surface area contributed by atoms with Gasteiger partial charge in [-0.1, -0.05) is 70.2 Å². The van der Waals surface area contributed by atoms with Crippen LogP contribution in [0.2, 0.25) is 0 Å². The van der Waals surface area contributed by atoms with E-state index in [9.17, 15) is 13.2 Å². The van der Waals surface area contributed by atoms with Crippen LogP contribution in [0.1, 0.15) is 43.6 Å². The summed E-state index contributed by atoms with van der Waals surface area (Å²) < 4.78 is 34.3. The normalized spacial score (nSPS) is 11.7. The fraction of sp³-hybridized carbons (Fsp3) is 0.321. The zero-order valence-corrected chi connectivity index (χ0v) is 21.7. The van der Waals surface area contributed by atoms with Crippen LogP contribution in [-0.4, -0.2) is 27.5 Å². The second-order valence-corrected chi connectivity index (χ2v) is 11.0. The molecule has 3 rings (SSSR count). The highest BCUT2D eigenvalue weighted by Gasteiger charge is 2.30. The number of nitrogens with zero attached hydrogens (tertiary/aromatic N) is 1. The van der Waals surface area contributed by atoms with Gasteiger partial charge in [0, 0.05) is 6.04 Å². The zero-order valence-electron chi connectivity index (χ0n) is 20.9. The van der Waals surface area contributed by atoms with E-state index in [0.717, 1.165) is 5.56 Å². The van der Waals surface area contributed by atoms with Gasteiger partial charge >= 0.3 is 0 Å². The van der Waals surface area contributed by atoms with Crippen molar-refractivity contribution in [3.63, 3.8) is 0 Å². The third kappa shape index (κ3) is 6.22. The lowest BCUT2D eigenvalue weighted by Crippen LogP contribution is -2.43. The summed E-state index contributed by atoms with van der Waals surface area (Å²) in [7, 11) is -2.47. The fourth-order valence-electron chi connectivity index (χ4n) is 4.14. The highest BCUT2D eigenvalue weighted by Crippen LogP contribution is 2.30. The van der Waals surface area contributed by atoms with Crippen molar-refractivity contribution in [1.29, 1.82) is 0 Å². The van der Waals surface area contributed by atoms with E-state index in [-0.39, 0.29) is 35.2 Å². The summed E-state index contributed by atoms with van der Waals surface area (Å²) in [6.45, 7) is 8.33. The topological polar surface area (TPSA) is 75.7 Å². The van der Waals surface area contributed by atoms with Crippen molar-refractivity contribution in [2.75, 3.05) is 11.4 Å². The van der Waals surface area contributed by atoms with Crippen LogP contribution in [0.5, 0.6) is 5.75 Å². The number of hydrogen-bond acceptors (Lipinski definition) is 4. The molecule has 0 aromatic heterocycles. The number of methoxy groups -OCH3 is 1. The summed E-state index contributed by atoms with van der Waals surface area (Å²) in [6.07, 6.45) is 0. The van der Waals surface area contributed by atoms with Gasteiger partial charge in [-0.2, -0.15) is 0 Å². The van der Waals surface area contributed by atoms with Crippen molar-refractivity contribution in [1.82, 2.24) is 5.32 Å². The Balaban J connectivity index is 2.10. The molecule has 186 valence electrons. The quantitative estimate of drug-likeness (QED) is 0.404. The molecule has 0 saturated carbocycles. The highest BCUT2D eigenvalue weighted by molar-refractivity contribution is 7.92. The van der Waals surface area contributed by atoms with Crippen molar-refractivity contribution in [2.24, 2.45) is 11.8 Å². The minimum Gasteiger partial charge on any atom is -0.497 e. The molecular formula is C28H34N2O4S. The van der Waals surface area contributed by atoms with E-state index < -0.39 is 10.0 Å². The molecule has 1 amide bonds. The Kier molecular flexibility index (Phi) is 8.57. The molecule has 0 bridgehead atoms. The number of nitrogens with one attached hydrogen (secondary N) is 1. The van der Waals surface area contributed by atoms with Gasteiger partial charge < -0.3 is 10.1 Å². The summed E-state index contributed by atoms with van der Waals surface area (Å²) in [4.78, 5) is 13.6. The standard InChI is InChI=1S/C28H34N2O4S/c1-20(2)27(21(3)4)29-28(31)25-13-9-10-14-26(25)30(19-22-11-7-6-8-12-22)35(32,33)24-17-15-23(34-5)16-18-24/h6-18,20-21,27H,19H2,1-5H3,(H,29,31). The van der Waals surface area contributed by atoms with Gasteiger partial charge in [-0.25, -0.2) is 8.42 Å². The number of benzene rings is 3. The Morgan fingerprint density at radius 2 is 1.43 bits per heavy atom. The molecule has 0 unspecified atom stereocenters. The predicted molar refractivity (Wildman–Crippen MR) is 140 cm³/mol. The van der Waals surface area contributed by atoms with Crippen LogP contribution in [0.15, 0.2) is 83.8 Å². The second-order valence-electron chi connectivity index (χ2n) is 9.18. The molecule has 3 aromatic rings. The summed E-state index contributed by atoms with van der Waals surface area (Å²) in [6, 6.07) is 22.4. The minimum absolute atomic E-state index is 0.0451. The lowest BCUT2D eigenvalue weighted by molar-refractivity contribution is 0.0911. The molecule has 0 aliphatic carbocycles. The Labute approximate surface area is 209 Å². The van der Waals surface area contributed by atoms with E-state index in [2.05, 4.69) is 33.0 Å². The first kappa shape index (κ1) is 26.3. The van der Waals surface area contributed by atoms with E-state index in [1.54, 1.807) is 36.4 Å². The van der Waals surface area contributed by atoms with Crippen LogP contribution >= 0.6 is 0 Å². The number of sulfonamides is 1. The van der Waals surface area contributed by atoms with Gasteiger partial charge in [-0.3, -0.25) is 9.10 Å². The van der Waals surface area contributed by atoms with Crippen LogP contribution in [0.4, 0.5) is 5.69 Å². The molecule has 6 nitrogen and oxygen atoms in total. The third-order valence-electron chi connectivity index (χ3n) is 5.97. The first-order chi connectivity index (χ1) is 16.6. The fourth-order valence-corrected chi connectivity index (χ4v) is 5.61. The Morgan fingerprint density at radius 3 is 2.00 bits per heavy atom. The second kappa shape index (κ2) is 11.4. The van der Waals surface area contributed by atoms with Gasteiger partial charge in [0.1, 0.15) is 5.75 Å². The minimum atomic E-state index is -4.00. The molecule has 0 radical (unpaired) electrons. The summed E-state index contributed by atoms with van der Waals surface area (Å²) >= 11 is 0. The van der Waals surface area contributed by atoms with Gasteiger partial charge in [0.15, 0.2) is 0 Å². The van der Waals surface area contributed by atoms with Gasteiger partial charge in [0.05, 0.1) is 29.8 Å². The Hall–Kier alpha value is -3.32. The van der Waals surface area contributed by atoms with Gasteiger partial charge in [-0.05, 0) is 53.8 Å². The summed E-state index contributed by atoms with van der Waals surface area (Å²) in [5.74, 6) is 0.729. The van der Waals surface area contributed by atoms with E-state index in [1.807, 2.05) is 30.3 Å². The maximum Gasteiger partial charge on any atom is 0.264 e. The number of para-hydroxylation sites is 1. The van der Waals surface area contributed by atoms with Gasteiger partial charge in [-0.15, -0.1) is 0 Å². The average molecular weight is 495 g/mol. The Bertz CT molecular complexity index is 1220. The molecule has 1 N–H and O–H groups in total. The first-order valence-corrected chi connectivity index (χ1v) is 13.2. The number of ether oxygens (including phenoxy) is 1. The maximum absolute atomic E-state index is 13.9. The van der Waals surface area contributed by atoms with Gasteiger partial charge in [0.2, 0.25) is 0 Å². The van der Waals surface area contributed by atoms with Crippen molar-refractivity contribution < 1.29 is 17.9 Å². The molecule has 35 heavy (non-hydrogen) atoms. The number of amides is 1. The third-order valence-corrected chi connectivity index (χ3v) is 7.74.